The van der Waals surface area contributed by atoms with Crippen molar-refractivity contribution in [2.45, 2.75) is 79.1 Å². The van der Waals surface area contributed by atoms with Crippen molar-refractivity contribution in [1.82, 2.24) is 0 Å². The van der Waals surface area contributed by atoms with E-state index in [1.165, 1.54) is 0 Å². The Kier molecular flexibility index (Phi) is 59.7. The molecule has 0 heterocycles. The third-order valence-electron chi connectivity index (χ3n) is 2.02. The molecule has 0 aromatic heterocycles. The second-order valence-corrected chi connectivity index (χ2v) is 5.15. The van der Waals surface area contributed by atoms with Crippen molar-refractivity contribution >= 4 is 53.4 Å². The molecule has 0 aromatic rings. The summed E-state index contributed by atoms with van der Waals surface area (Å²) in [5.74, 6) is -2.84. The van der Waals surface area contributed by atoms with Gasteiger partial charge in [0.25, 0.3) is 0 Å². The fourth-order valence-corrected chi connectivity index (χ4v) is 0.855. The molecule has 8 N–H and O–H groups in total. The van der Waals surface area contributed by atoms with Gasteiger partial charge in [0.05, 0.1) is 0 Å². The van der Waals surface area contributed by atoms with E-state index < -0.39 is 23.9 Å². The molecule has 0 aliphatic heterocycles. The van der Waals surface area contributed by atoms with Crippen molar-refractivity contribution in [3.8, 4) is 0 Å². The Bertz CT molecular complexity index is 304. The van der Waals surface area contributed by atoms with E-state index >= 15 is 0 Å². The van der Waals surface area contributed by atoms with Crippen LogP contribution in [0.25, 0.3) is 0 Å². The molecule has 0 spiro atoms. The van der Waals surface area contributed by atoms with Crippen molar-refractivity contribution in [1.29, 1.82) is 0 Å². The SMILES string of the molecule is CCCC(=O)O.CCCC(=O)O.CCCC(=O)O.CCCC(=O)O.NCCN.[NaH]. The molecule has 0 atom stereocenters. The topological polar surface area (TPSA) is 201 Å². The zero-order valence-electron chi connectivity index (χ0n) is 17.6. The van der Waals surface area contributed by atoms with Crippen molar-refractivity contribution in [3.05, 3.63) is 0 Å². The van der Waals surface area contributed by atoms with E-state index in [2.05, 4.69) is 0 Å². The molecular formula is C18H41N2NaO8. The fourth-order valence-electron chi connectivity index (χ4n) is 0.855. The molecule has 0 bridgehead atoms. The first-order valence-electron chi connectivity index (χ1n) is 9.27. The Morgan fingerprint density at radius 3 is 0.655 bits per heavy atom. The van der Waals surface area contributed by atoms with Crippen LogP contribution >= 0.6 is 0 Å². The molecule has 29 heavy (non-hydrogen) atoms. The molecular weight excluding hydrogens is 395 g/mol. The molecule has 0 fully saturated rings. The van der Waals surface area contributed by atoms with Gasteiger partial charge in [-0.2, -0.15) is 0 Å². The van der Waals surface area contributed by atoms with Gasteiger partial charge in [0, 0.05) is 38.8 Å². The van der Waals surface area contributed by atoms with E-state index in [0.717, 1.165) is 25.7 Å². The molecule has 10 nitrogen and oxygen atoms in total. The van der Waals surface area contributed by atoms with Gasteiger partial charge < -0.3 is 31.9 Å². The van der Waals surface area contributed by atoms with Crippen molar-refractivity contribution in [2.75, 3.05) is 13.1 Å². The number of aliphatic carboxylic acids is 4. The molecule has 0 rings (SSSR count). The van der Waals surface area contributed by atoms with Crippen LogP contribution in [-0.4, -0.2) is 87.0 Å². The molecule has 0 unspecified atom stereocenters. The number of rotatable bonds is 9. The molecule has 0 aliphatic carbocycles. The number of nitrogens with two attached hydrogens (primary N) is 2. The van der Waals surface area contributed by atoms with Gasteiger partial charge in [-0.3, -0.25) is 19.2 Å². The summed E-state index contributed by atoms with van der Waals surface area (Å²) in [5.41, 5.74) is 9.81. The summed E-state index contributed by atoms with van der Waals surface area (Å²) in [6, 6.07) is 0. The number of hydrogen-bond acceptors (Lipinski definition) is 6. The van der Waals surface area contributed by atoms with Crippen LogP contribution in [0, 0.1) is 0 Å². The first-order chi connectivity index (χ1) is 13.0. The van der Waals surface area contributed by atoms with Gasteiger partial charge in [-0.05, 0) is 25.7 Å². The second kappa shape index (κ2) is 41.2. The van der Waals surface area contributed by atoms with E-state index in [9.17, 15) is 19.2 Å². The summed E-state index contributed by atoms with van der Waals surface area (Å²) in [6.45, 7) is 8.56. The molecule has 0 saturated carbocycles. The molecule has 0 saturated heterocycles. The third kappa shape index (κ3) is 118. The Morgan fingerprint density at radius 2 is 0.655 bits per heavy atom. The van der Waals surface area contributed by atoms with Crippen LogP contribution in [0.2, 0.25) is 0 Å². The average molecular weight is 437 g/mol. The Balaban J connectivity index is -0.0000000569. The van der Waals surface area contributed by atoms with Crippen LogP contribution in [0.3, 0.4) is 0 Å². The zero-order valence-corrected chi connectivity index (χ0v) is 17.6. The van der Waals surface area contributed by atoms with E-state index in [1.807, 2.05) is 27.7 Å². The van der Waals surface area contributed by atoms with Crippen LogP contribution in [0.1, 0.15) is 79.1 Å². The average Bonchev–Trinajstić information content (AvgIpc) is 2.56. The van der Waals surface area contributed by atoms with Crippen LogP contribution < -0.4 is 11.5 Å². The normalized spacial score (nSPS) is 7.79. The Hall–Kier alpha value is -1.20. The van der Waals surface area contributed by atoms with Gasteiger partial charge in [0.15, 0.2) is 0 Å². The van der Waals surface area contributed by atoms with Gasteiger partial charge in [-0.15, -0.1) is 0 Å². The standard InChI is InChI=1S/4C4H8O2.C2H8N2.Na.H/c4*1-2-3-4(5)6;3-1-2-4;;/h4*2-3H2,1H3,(H,5,6);1-4H2;;. The van der Waals surface area contributed by atoms with Crippen LogP contribution in [-0.2, 0) is 19.2 Å². The fraction of sp³-hybridized carbons (Fsp3) is 0.778. The van der Waals surface area contributed by atoms with Crippen molar-refractivity contribution in [3.63, 3.8) is 0 Å². The Labute approximate surface area is 196 Å². The number of hydrogen-bond donors (Lipinski definition) is 6. The first-order valence-corrected chi connectivity index (χ1v) is 9.27. The number of carboxylic acids is 4. The zero-order chi connectivity index (χ0) is 23.4. The molecule has 0 amide bonds. The predicted molar refractivity (Wildman–Crippen MR) is 115 cm³/mol. The van der Waals surface area contributed by atoms with E-state index in [0.29, 0.717) is 38.8 Å². The predicted octanol–water partition coefficient (Wildman–Crippen LogP) is 1.74. The van der Waals surface area contributed by atoms with E-state index in [-0.39, 0.29) is 29.6 Å². The van der Waals surface area contributed by atoms with Gasteiger partial charge in [0.2, 0.25) is 0 Å². The van der Waals surface area contributed by atoms with Crippen molar-refractivity contribution < 1.29 is 39.6 Å². The maximum absolute atomic E-state index is 9.60. The van der Waals surface area contributed by atoms with E-state index in [1.54, 1.807) is 0 Å². The summed E-state index contributed by atoms with van der Waals surface area (Å²) < 4.78 is 0. The Morgan fingerprint density at radius 1 is 0.517 bits per heavy atom. The molecule has 0 radical (unpaired) electrons. The molecule has 0 aliphatic rings. The summed E-state index contributed by atoms with van der Waals surface area (Å²) in [4.78, 5) is 38.4. The summed E-state index contributed by atoms with van der Waals surface area (Å²) in [5, 5.41) is 31.7. The summed E-state index contributed by atoms with van der Waals surface area (Å²) in [6.07, 6.45) is 4.09. The van der Waals surface area contributed by atoms with Gasteiger partial charge in [-0.1, -0.05) is 27.7 Å². The van der Waals surface area contributed by atoms with Gasteiger partial charge >= 0.3 is 53.4 Å². The number of carbonyl (C=O) groups is 4. The summed E-state index contributed by atoms with van der Waals surface area (Å²) in [7, 11) is 0. The maximum atomic E-state index is 9.60. The third-order valence-corrected chi connectivity index (χ3v) is 2.02. The number of carboxylic acid groups (broad SMARTS) is 4. The quantitative estimate of drug-likeness (QED) is 0.289. The van der Waals surface area contributed by atoms with Gasteiger partial charge in [-0.25, -0.2) is 0 Å². The van der Waals surface area contributed by atoms with Crippen molar-refractivity contribution in [2.24, 2.45) is 11.5 Å². The van der Waals surface area contributed by atoms with E-state index in [4.69, 9.17) is 31.9 Å². The first kappa shape index (κ1) is 42.0. The van der Waals surface area contributed by atoms with Crippen LogP contribution in [0.4, 0.5) is 0 Å². The minimum absolute atomic E-state index is 0. The minimum atomic E-state index is -0.711. The van der Waals surface area contributed by atoms with Gasteiger partial charge in [0.1, 0.15) is 0 Å². The van der Waals surface area contributed by atoms with Crippen LogP contribution in [0.5, 0.6) is 0 Å². The monoisotopic (exact) mass is 436 g/mol. The van der Waals surface area contributed by atoms with Crippen LogP contribution in [0.15, 0.2) is 0 Å². The summed E-state index contributed by atoms with van der Waals surface area (Å²) >= 11 is 0. The molecule has 172 valence electrons. The second-order valence-electron chi connectivity index (χ2n) is 5.15. The molecule has 0 aromatic carbocycles. The molecule has 11 heteroatoms.